The minimum Gasteiger partial charge on any atom is -0.508 e. The van der Waals surface area contributed by atoms with Crippen molar-refractivity contribution in [2.45, 2.75) is 11.8 Å². The molecule has 0 aliphatic heterocycles. The summed E-state index contributed by atoms with van der Waals surface area (Å²) >= 11 is 0. The van der Waals surface area contributed by atoms with E-state index in [1.807, 2.05) is 0 Å². The van der Waals surface area contributed by atoms with Gasteiger partial charge in [-0.25, -0.2) is 17.2 Å². The highest BCUT2D eigenvalue weighted by atomic mass is 32.2. The topological polar surface area (TPSA) is 57.6 Å². The van der Waals surface area contributed by atoms with Crippen molar-refractivity contribution in [2.24, 2.45) is 0 Å². The minimum atomic E-state index is -4.27. The van der Waals surface area contributed by atoms with Crippen LogP contribution in [0, 0.1) is 18.6 Å². The molecule has 0 amide bonds. The summed E-state index contributed by atoms with van der Waals surface area (Å²) in [6.45, 7) is 1.34. The number of rotatable bonds is 3. The molecule has 0 aliphatic rings. The van der Waals surface area contributed by atoms with Crippen molar-refractivity contribution in [3.05, 3.63) is 53.6 Å². The number of aryl methyl sites for hydroxylation is 1. The van der Waals surface area contributed by atoms with Crippen molar-refractivity contribution in [1.29, 1.82) is 0 Å². The Balaban J connectivity index is 2.54. The van der Waals surface area contributed by atoms with Gasteiger partial charge in [0.25, 0.3) is 10.0 Å². The van der Waals surface area contributed by atoms with E-state index in [4.69, 9.17) is 0 Å². The van der Waals surface area contributed by atoms with Gasteiger partial charge in [0.1, 0.15) is 22.3 Å². The van der Waals surface area contributed by atoms with Crippen LogP contribution in [0.2, 0.25) is 0 Å². The van der Waals surface area contributed by atoms with Gasteiger partial charge in [-0.2, -0.15) is 0 Å². The van der Waals surface area contributed by atoms with Crippen LogP contribution < -0.4 is 4.31 Å². The Kier molecular flexibility index (Phi) is 3.87. The molecule has 0 bridgehead atoms. The maximum Gasteiger partial charge on any atom is 0.267 e. The molecule has 21 heavy (non-hydrogen) atoms. The number of sulfonamides is 1. The Morgan fingerprint density at radius 2 is 1.76 bits per heavy atom. The molecule has 0 fully saturated rings. The summed E-state index contributed by atoms with van der Waals surface area (Å²) in [6.07, 6.45) is 0. The monoisotopic (exact) mass is 313 g/mol. The second kappa shape index (κ2) is 5.33. The molecule has 4 nitrogen and oxygen atoms in total. The quantitative estimate of drug-likeness (QED) is 0.948. The highest BCUT2D eigenvalue weighted by Gasteiger charge is 2.26. The molecule has 0 radical (unpaired) electrons. The van der Waals surface area contributed by atoms with Gasteiger partial charge in [-0.1, -0.05) is 6.07 Å². The number of phenolic OH excluding ortho intramolecular Hbond substituents is 1. The summed E-state index contributed by atoms with van der Waals surface area (Å²) in [5.41, 5.74) is 0.154. The lowest BCUT2D eigenvalue weighted by atomic mass is 10.2. The molecule has 2 aromatic rings. The van der Waals surface area contributed by atoms with Gasteiger partial charge < -0.3 is 5.11 Å². The number of anilines is 1. The standard InChI is InChI=1S/C14H13F2NO3S/c1-9-6-13(16)14(8-12(9)15)21(19,20)17(2)10-4-3-5-11(18)7-10/h3-8,18H,1-2H3. The van der Waals surface area contributed by atoms with Crippen LogP contribution in [-0.4, -0.2) is 20.6 Å². The van der Waals surface area contributed by atoms with E-state index in [1.165, 1.54) is 38.2 Å². The van der Waals surface area contributed by atoms with E-state index in [0.717, 1.165) is 10.4 Å². The summed E-state index contributed by atoms with van der Waals surface area (Å²) in [7, 11) is -3.08. The van der Waals surface area contributed by atoms with E-state index in [2.05, 4.69) is 0 Å². The molecule has 1 N–H and O–H groups in total. The van der Waals surface area contributed by atoms with Crippen LogP contribution in [-0.2, 0) is 10.0 Å². The van der Waals surface area contributed by atoms with Crippen LogP contribution in [0.25, 0.3) is 0 Å². The van der Waals surface area contributed by atoms with Gasteiger partial charge in [0.05, 0.1) is 5.69 Å². The maximum atomic E-state index is 13.9. The van der Waals surface area contributed by atoms with E-state index in [1.54, 1.807) is 0 Å². The highest BCUT2D eigenvalue weighted by Crippen LogP contribution is 2.27. The summed E-state index contributed by atoms with van der Waals surface area (Å²) < 4.78 is 52.9. The van der Waals surface area contributed by atoms with Gasteiger partial charge in [0.15, 0.2) is 0 Å². The molecule has 112 valence electrons. The van der Waals surface area contributed by atoms with Crippen LogP contribution in [0.5, 0.6) is 5.75 Å². The summed E-state index contributed by atoms with van der Waals surface area (Å²) in [6, 6.07) is 6.94. The first-order valence-electron chi connectivity index (χ1n) is 5.97. The van der Waals surface area contributed by atoms with E-state index >= 15 is 0 Å². The Bertz CT molecular complexity index is 791. The molecule has 0 aliphatic carbocycles. The van der Waals surface area contributed by atoms with Crippen molar-refractivity contribution in [3.8, 4) is 5.75 Å². The Labute approximate surface area is 121 Å². The molecule has 0 heterocycles. The fourth-order valence-electron chi connectivity index (χ4n) is 1.80. The largest absolute Gasteiger partial charge is 0.508 e. The van der Waals surface area contributed by atoms with Crippen molar-refractivity contribution in [3.63, 3.8) is 0 Å². The molecule has 0 saturated carbocycles. The van der Waals surface area contributed by atoms with Crippen LogP contribution in [0.1, 0.15) is 5.56 Å². The molecule has 0 saturated heterocycles. The predicted molar refractivity (Wildman–Crippen MR) is 74.8 cm³/mol. The highest BCUT2D eigenvalue weighted by molar-refractivity contribution is 7.92. The lowest BCUT2D eigenvalue weighted by Crippen LogP contribution is -2.27. The SMILES string of the molecule is Cc1cc(F)c(S(=O)(=O)N(C)c2cccc(O)c2)cc1F. The molecule has 0 unspecified atom stereocenters. The minimum absolute atomic E-state index is 0.0199. The first-order valence-corrected chi connectivity index (χ1v) is 7.41. The molecule has 0 spiro atoms. The van der Waals surface area contributed by atoms with Crippen molar-refractivity contribution < 1.29 is 22.3 Å². The number of hydrogen-bond acceptors (Lipinski definition) is 3. The third-order valence-electron chi connectivity index (χ3n) is 3.04. The summed E-state index contributed by atoms with van der Waals surface area (Å²) in [4.78, 5) is -0.753. The predicted octanol–water partition coefficient (Wildman–Crippen LogP) is 2.80. The van der Waals surface area contributed by atoms with Crippen molar-refractivity contribution in [1.82, 2.24) is 0 Å². The second-order valence-corrected chi connectivity index (χ2v) is 6.46. The number of benzene rings is 2. The zero-order valence-electron chi connectivity index (χ0n) is 11.3. The summed E-state index contributed by atoms with van der Waals surface area (Å²) in [5, 5.41) is 9.38. The molecule has 2 rings (SSSR count). The van der Waals surface area contributed by atoms with Gasteiger partial charge in [-0.3, -0.25) is 4.31 Å². The van der Waals surface area contributed by atoms with Crippen LogP contribution >= 0.6 is 0 Å². The second-order valence-electron chi connectivity index (χ2n) is 4.52. The third-order valence-corrected chi connectivity index (χ3v) is 4.85. The molecule has 0 aromatic heterocycles. The lowest BCUT2D eigenvalue weighted by molar-refractivity contribution is 0.475. The number of aromatic hydroxyl groups is 1. The van der Waals surface area contributed by atoms with Gasteiger partial charge in [0, 0.05) is 13.1 Å². The first kappa shape index (κ1) is 15.2. The van der Waals surface area contributed by atoms with Crippen molar-refractivity contribution in [2.75, 3.05) is 11.4 Å². The van der Waals surface area contributed by atoms with Gasteiger partial charge in [0.2, 0.25) is 0 Å². The normalized spacial score (nSPS) is 11.4. The van der Waals surface area contributed by atoms with E-state index in [0.29, 0.717) is 6.07 Å². The van der Waals surface area contributed by atoms with Crippen molar-refractivity contribution >= 4 is 15.7 Å². The fourth-order valence-corrected chi connectivity index (χ4v) is 3.04. The number of hydrogen-bond donors (Lipinski definition) is 1. The molecule has 7 heteroatoms. The zero-order valence-corrected chi connectivity index (χ0v) is 12.2. The number of nitrogens with zero attached hydrogens (tertiary/aromatic N) is 1. The molecule has 0 atom stereocenters. The lowest BCUT2D eigenvalue weighted by Gasteiger charge is -2.20. The summed E-state index contributed by atoms with van der Waals surface area (Å²) in [5.74, 6) is -1.97. The van der Waals surface area contributed by atoms with E-state index in [-0.39, 0.29) is 17.0 Å². The van der Waals surface area contributed by atoms with Crippen LogP contribution in [0.4, 0.5) is 14.5 Å². The Morgan fingerprint density at radius 1 is 1.10 bits per heavy atom. The van der Waals surface area contributed by atoms with Gasteiger partial charge in [-0.05, 0) is 36.8 Å². The average Bonchev–Trinajstić information content (AvgIpc) is 2.41. The third kappa shape index (κ3) is 2.82. The number of halogens is 2. The Hall–Kier alpha value is -2.15. The molecule has 2 aromatic carbocycles. The molecular formula is C14H13F2NO3S. The van der Waals surface area contributed by atoms with E-state index in [9.17, 15) is 22.3 Å². The Morgan fingerprint density at radius 3 is 2.38 bits per heavy atom. The molecular weight excluding hydrogens is 300 g/mol. The average molecular weight is 313 g/mol. The smallest absolute Gasteiger partial charge is 0.267 e. The zero-order chi connectivity index (χ0) is 15.8. The van der Waals surface area contributed by atoms with E-state index < -0.39 is 26.6 Å². The number of phenols is 1. The van der Waals surface area contributed by atoms with Crippen LogP contribution in [0.3, 0.4) is 0 Å². The maximum absolute atomic E-state index is 13.9. The first-order chi connectivity index (χ1) is 9.73. The van der Waals surface area contributed by atoms with Gasteiger partial charge >= 0.3 is 0 Å². The van der Waals surface area contributed by atoms with Gasteiger partial charge in [-0.15, -0.1) is 0 Å². The van der Waals surface area contributed by atoms with Crippen LogP contribution in [0.15, 0.2) is 41.3 Å². The fraction of sp³-hybridized carbons (Fsp3) is 0.143.